The van der Waals surface area contributed by atoms with Crippen molar-refractivity contribution in [1.29, 1.82) is 0 Å². The van der Waals surface area contributed by atoms with Crippen molar-refractivity contribution in [3.63, 3.8) is 0 Å². The summed E-state index contributed by atoms with van der Waals surface area (Å²) in [6.07, 6.45) is 1.23. The minimum absolute atomic E-state index is 0.561. The maximum Gasteiger partial charge on any atom is 0.00251 e. The Bertz CT molecular complexity index is 330. The zero-order chi connectivity index (χ0) is 12.8. The van der Waals surface area contributed by atoms with Crippen molar-refractivity contribution in [3.05, 3.63) is 35.4 Å². The molecule has 0 spiro atoms. The molecule has 0 fully saturated rings. The normalized spacial score (nSPS) is 14.9. The van der Waals surface area contributed by atoms with Gasteiger partial charge in [0.15, 0.2) is 0 Å². The van der Waals surface area contributed by atoms with Crippen LogP contribution in [0.1, 0.15) is 51.2 Å². The van der Waals surface area contributed by atoms with Crippen LogP contribution in [0.25, 0.3) is 0 Å². The first-order valence-corrected chi connectivity index (χ1v) is 6.85. The fourth-order valence-corrected chi connectivity index (χ4v) is 2.27. The van der Waals surface area contributed by atoms with Gasteiger partial charge in [0.25, 0.3) is 0 Å². The van der Waals surface area contributed by atoms with E-state index in [0.29, 0.717) is 12.0 Å². The van der Waals surface area contributed by atoms with E-state index in [1.54, 1.807) is 0 Å². The Morgan fingerprint density at radius 3 is 2.29 bits per heavy atom. The first kappa shape index (κ1) is 14.2. The molecule has 0 aromatic heterocycles. The third-order valence-corrected chi connectivity index (χ3v) is 3.66. The van der Waals surface area contributed by atoms with Crippen molar-refractivity contribution in [2.45, 2.75) is 53.0 Å². The minimum Gasteiger partial charge on any atom is -0.314 e. The van der Waals surface area contributed by atoms with E-state index in [0.717, 1.165) is 12.5 Å². The van der Waals surface area contributed by atoms with Crippen molar-refractivity contribution in [2.75, 3.05) is 6.54 Å². The molecule has 1 aromatic carbocycles. The second kappa shape index (κ2) is 6.80. The molecular formula is C16H27N. The molecule has 0 bridgehead atoms. The minimum atomic E-state index is 0.561. The van der Waals surface area contributed by atoms with Crippen LogP contribution in [0.4, 0.5) is 0 Å². The van der Waals surface area contributed by atoms with E-state index in [1.165, 1.54) is 17.5 Å². The maximum absolute atomic E-state index is 3.59. The summed E-state index contributed by atoms with van der Waals surface area (Å²) in [6.45, 7) is 12.4. The molecule has 1 heteroatoms. The highest BCUT2D eigenvalue weighted by Gasteiger charge is 2.19. The number of rotatable bonds is 6. The molecule has 0 amide bonds. The molecule has 1 nitrogen and oxygen atoms in total. The van der Waals surface area contributed by atoms with Crippen LogP contribution >= 0.6 is 0 Å². The average molecular weight is 233 g/mol. The van der Waals surface area contributed by atoms with Crippen LogP contribution < -0.4 is 5.32 Å². The molecule has 96 valence electrons. The Hall–Kier alpha value is -0.820. The molecule has 0 aliphatic carbocycles. The van der Waals surface area contributed by atoms with Gasteiger partial charge in [-0.3, -0.25) is 0 Å². The number of nitrogens with one attached hydrogen (secondary N) is 1. The summed E-state index contributed by atoms with van der Waals surface area (Å²) in [5.74, 6) is 1.35. The SMILES string of the molecule is CCC(C)C(CNC(C)C)c1ccccc1C. The van der Waals surface area contributed by atoms with Gasteiger partial charge in [0.2, 0.25) is 0 Å². The quantitative estimate of drug-likeness (QED) is 0.779. The van der Waals surface area contributed by atoms with E-state index in [2.05, 4.69) is 64.2 Å². The summed E-state index contributed by atoms with van der Waals surface area (Å²) in [6, 6.07) is 9.36. The van der Waals surface area contributed by atoms with Gasteiger partial charge < -0.3 is 5.32 Å². The van der Waals surface area contributed by atoms with Crippen molar-refractivity contribution < 1.29 is 0 Å². The van der Waals surface area contributed by atoms with Gasteiger partial charge in [-0.25, -0.2) is 0 Å². The molecule has 0 saturated carbocycles. The molecule has 1 N–H and O–H groups in total. The predicted molar refractivity (Wildman–Crippen MR) is 76.5 cm³/mol. The molecule has 1 rings (SSSR count). The summed E-state index contributed by atoms with van der Waals surface area (Å²) in [5, 5.41) is 3.59. The van der Waals surface area contributed by atoms with E-state index in [1.807, 2.05) is 0 Å². The molecule has 0 heterocycles. The zero-order valence-corrected chi connectivity index (χ0v) is 12.0. The Balaban J connectivity index is 2.86. The number of hydrogen-bond acceptors (Lipinski definition) is 1. The van der Waals surface area contributed by atoms with Crippen LogP contribution in [0.15, 0.2) is 24.3 Å². The van der Waals surface area contributed by atoms with Crippen LogP contribution in [0.3, 0.4) is 0 Å². The second-order valence-electron chi connectivity index (χ2n) is 5.41. The van der Waals surface area contributed by atoms with Gasteiger partial charge in [0.05, 0.1) is 0 Å². The van der Waals surface area contributed by atoms with Gasteiger partial charge >= 0.3 is 0 Å². The van der Waals surface area contributed by atoms with E-state index in [4.69, 9.17) is 0 Å². The molecule has 17 heavy (non-hydrogen) atoms. The van der Waals surface area contributed by atoms with Crippen molar-refractivity contribution in [2.24, 2.45) is 5.92 Å². The van der Waals surface area contributed by atoms with Gasteiger partial charge in [-0.15, -0.1) is 0 Å². The first-order chi connectivity index (χ1) is 8.06. The predicted octanol–water partition coefficient (Wildman–Crippen LogP) is 4.12. The molecule has 0 aliphatic rings. The van der Waals surface area contributed by atoms with E-state index >= 15 is 0 Å². The topological polar surface area (TPSA) is 12.0 Å². The molecule has 2 atom stereocenters. The maximum atomic E-state index is 3.59. The third kappa shape index (κ3) is 4.16. The summed E-state index contributed by atoms with van der Waals surface area (Å²) < 4.78 is 0. The molecule has 0 radical (unpaired) electrons. The lowest BCUT2D eigenvalue weighted by Crippen LogP contribution is -2.30. The Morgan fingerprint density at radius 2 is 1.76 bits per heavy atom. The molecule has 0 saturated heterocycles. The van der Waals surface area contributed by atoms with E-state index < -0.39 is 0 Å². The largest absolute Gasteiger partial charge is 0.314 e. The highest BCUT2D eigenvalue weighted by atomic mass is 14.9. The summed E-state index contributed by atoms with van der Waals surface area (Å²) in [4.78, 5) is 0. The lowest BCUT2D eigenvalue weighted by molar-refractivity contribution is 0.405. The molecule has 2 unspecified atom stereocenters. The van der Waals surface area contributed by atoms with E-state index in [9.17, 15) is 0 Å². The summed E-state index contributed by atoms with van der Waals surface area (Å²) >= 11 is 0. The average Bonchev–Trinajstić information content (AvgIpc) is 2.30. The third-order valence-electron chi connectivity index (χ3n) is 3.66. The van der Waals surface area contributed by atoms with Gasteiger partial charge in [-0.2, -0.15) is 0 Å². The summed E-state index contributed by atoms with van der Waals surface area (Å²) in [7, 11) is 0. The van der Waals surface area contributed by atoms with Gasteiger partial charge in [0, 0.05) is 12.6 Å². The van der Waals surface area contributed by atoms with Crippen LogP contribution in [-0.2, 0) is 0 Å². The molecule has 0 aliphatic heterocycles. The highest BCUT2D eigenvalue weighted by molar-refractivity contribution is 5.30. The van der Waals surface area contributed by atoms with Crippen molar-refractivity contribution in [1.82, 2.24) is 5.32 Å². The Morgan fingerprint density at radius 1 is 1.12 bits per heavy atom. The number of hydrogen-bond donors (Lipinski definition) is 1. The zero-order valence-electron chi connectivity index (χ0n) is 12.0. The van der Waals surface area contributed by atoms with Crippen LogP contribution in [0.5, 0.6) is 0 Å². The molecule has 1 aromatic rings. The lowest BCUT2D eigenvalue weighted by Gasteiger charge is -2.26. The fourth-order valence-electron chi connectivity index (χ4n) is 2.27. The van der Waals surface area contributed by atoms with Crippen LogP contribution in [-0.4, -0.2) is 12.6 Å². The van der Waals surface area contributed by atoms with Crippen LogP contribution in [0, 0.1) is 12.8 Å². The van der Waals surface area contributed by atoms with Gasteiger partial charge in [-0.1, -0.05) is 58.4 Å². The van der Waals surface area contributed by atoms with Gasteiger partial charge in [-0.05, 0) is 29.9 Å². The smallest absolute Gasteiger partial charge is 0.00251 e. The Labute approximate surface area is 107 Å². The second-order valence-corrected chi connectivity index (χ2v) is 5.41. The van der Waals surface area contributed by atoms with Gasteiger partial charge in [0.1, 0.15) is 0 Å². The monoisotopic (exact) mass is 233 g/mol. The first-order valence-electron chi connectivity index (χ1n) is 6.85. The fraction of sp³-hybridized carbons (Fsp3) is 0.625. The van der Waals surface area contributed by atoms with Crippen LogP contribution in [0.2, 0.25) is 0 Å². The summed E-state index contributed by atoms with van der Waals surface area (Å²) in [5.41, 5.74) is 2.93. The lowest BCUT2D eigenvalue weighted by atomic mass is 9.83. The molecular weight excluding hydrogens is 206 g/mol. The van der Waals surface area contributed by atoms with E-state index in [-0.39, 0.29) is 0 Å². The Kier molecular flexibility index (Phi) is 5.70. The van der Waals surface area contributed by atoms with Crippen molar-refractivity contribution >= 4 is 0 Å². The standard InChI is InChI=1S/C16H27N/c1-6-13(4)16(11-17-12(2)3)15-10-8-7-9-14(15)5/h7-10,12-13,16-17H,6,11H2,1-5H3. The number of aryl methyl sites for hydroxylation is 1. The number of benzene rings is 1. The van der Waals surface area contributed by atoms with Crippen molar-refractivity contribution in [3.8, 4) is 0 Å². The highest BCUT2D eigenvalue weighted by Crippen LogP contribution is 2.28.